The van der Waals surface area contributed by atoms with Crippen molar-refractivity contribution >= 4 is 11.6 Å². The minimum absolute atomic E-state index is 0.128. The van der Waals surface area contributed by atoms with Crippen LogP contribution in [0.25, 0.3) is 11.4 Å². The fraction of sp³-hybridized carbons (Fsp3) is 0.125. The number of carbonyl (C=O) groups excluding carboxylic acids is 1. The van der Waals surface area contributed by atoms with Crippen LogP contribution in [0.2, 0.25) is 0 Å². The van der Waals surface area contributed by atoms with Crippen LogP contribution in [0.1, 0.15) is 10.7 Å². The summed E-state index contributed by atoms with van der Waals surface area (Å²) in [5.41, 5.74) is 1.26. The molecule has 0 radical (unpaired) electrons. The first-order valence-electron chi connectivity index (χ1n) is 7.25. The fourth-order valence-electron chi connectivity index (χ4n) is 2.24. The number of amides is 1. The first-order chi connectivity index (χ1) is 11.8. The number of carbonyl (C=O) groups is 1. The van der Waals surface area contributed by atoms with Crippen molar-refractivity contribution < 1.29 is 18.8 Å². The Morgan fingerprint density at radius 1 is 1.04 bits per heavy atom. The molecular weight excluding hydrogens is 312 g/mol. The monoisotopic (exact) mass is 324 g/mol. The Kier molecular flexibility index (Phi) is 3.54. The number of benzene rings is 1. The summed E-state index contributed by atoms with van der Waals surface area (Å²) in [5.74, 6) is 0.931. The molecule has 2 aromatic heterocycles. The lowest BCUT2D eigenvalue weighted by Crippen LogP contribution is -2.16. The maximum atomic E-state index is 12.2. The summed E-state index contributed by atoms with van der Waals surface area (Å²) in [6.45, 7) is 0.988. The highest BCUT2D eigenvalue weighted by atomic mass is 16.6. The van der Waals surface area contributed by atoms with E-state index in [2.05, 4.69) is 20.4 Å². The number of ether oxygens (including phenoxy) is 2. The van der Waals surface area contributed by atoms with E-state index in [0.29, 0.717) is 41.8 Å². The molecule has 3 heterocycles. The van der Waals surface area contributed by atoms with Crippen LogP contribution in [0, 0.1) is 0 Å². The molecule has 0 bridgehead atoms. The Labute approximate surface area is 136 Å². The van der Waals surface area contributed by atoms with E-state index in [1.54, 1.807) is 42.7 Å². The lowest BCUT2D eigenvalue weighted by Gasteiger charge is -2.18. The van der Waals surface area contributed by atoms with Crippen molar-refractivity contribution in [2.45, 2.75) is 0 Å². The largest absolute Gasteiger partial charge is 0.486 e. The van der Waals surface area contributed by atoms with Crippen molar-refractivity contribution in [2.24, 2.45) is 0 Å². The van der Waals surface area contributed by atoms with Gasteiger partial charge in [0.05, 0.1) is 0 Å². The average molecular weight is 324 g/mol. The molecule has 8 nitrogen and oxygen atoms in total. The Bertz CT molecular complexity index is 879. The van der Waals surface area contributed by atoms with Crippen LogP contribution in [0.4, 0.5) is 5.69 Å². The Balaban J connectivity index is 1.51. The molecule has 1 aliphatic heterocycles. The summed E-state index contributed by atoms with van der Waals surface area (Å²) in [7, 11) is 0. The first-order valence-corrected chi connectivity index (χ1v) is 7.25. The van der Waals surface area contributed by atoms with E-state index >= 15 is 0 Å². The van der Waals surface area contributed by atoms with Gasteiger partial charge in [-0.15, -0.1) is 0 Å². The van der Waals surface area contributed by atoms with E-state index in [1.165, 1.54) is 0 Å². The number of aromatic nitrogens is 3. The van der Waals surface area contributed by atoms with Crippen molar-refractivity contribution in [3.63, 3.8) is 0 Å². The number of hydrogen-bond donors (Lipinski definition) is 1. The van der Waals surface area contributed by atoms with Crippen LogP contribution in [-0.2, 0) is 0 Å². The van der Waals surface area contributed by atoms with Gasteiger partial charge in [0.1, 0.15) is 13.2 Å². The summed E-state index contributed by atoms with van der Waals surface area (Å²) in [4.78, 5) is 20.2. The predicted molar refractivity (Wildman–Crippen MR) is 82.9 cm³/mol. The highest BCUT2D eigenvalue weighted by Crippen LogP contribution is 2.32. The third-order valence-corrected chi connectivity index (χ3v) is 3.36. The maximum Gasteiger partial charge on any atom is 0.316 e. The van der Waals surface area contributed by atoms with Crippen LogP contribution in [0.3, 0.4) is 0 Å². The number of nitrogens with zero attached hydrogens (tertiary/aromatic N) is 3. The zero-order valence-electron chi connectivity index (χ0n) is 12.4. The molecule has 0 spiro atoms. The Morgan fingerprint density at radius 3 is 2.67 bits per heavy atom. The van der Waals surface area contributed by atoms with Gasteiger partial charge < -0.3 is 19.3 Å². The van der Waals surface area contributed by atoms with E-state index in [4.69, 9.17) is 14.0 Å². The third-order valence-electron chi connectivity index (χ3n) is 3.36. The molecule has 1 N–H and O–H groups in total. The molecule has 8 heteroatoms. The summed E-state index contributed by atoms with van der Waals surface area (Å²) < 4.78 is 15.9. The van der Waals surface area contributed by atoms with E-state index in [1.807, 2.05) is 0 Å². The van der Waals surface area contributed by atoms with Crippen molar-refractivity contribution in [3.05, 3.63) is 48.6 Å². The van der Waals surface area contributed by atoms with Gasteiger partial charge in [-0.1, -0.05) is 5.16 Å². The minimum atomic E-state index is -0.500. The minimum Gasteiger partial charge on any atom is -0.486 e. The molecule has 1 aliphatic rings. The lowest BCUT2D eigenvalue weighted by molar-refractivity contribution is 0.0981. The van der Waals surface area contributed by atoms with Gasteiger partial charge in [-0.3, -0.25) is 9.78 Å². The van der Waals surface area contributed by atoms with Crippen LogP contribution in [0.15, 0.2) is 47.2 Å². The van der Waals surface area contributed by atoms with Gasteiger partial charge in [0.25, 0.3) is 0 Å². The summed E-state index contributed by atoms with van der Waals surface area (Å²) in [6, 6.07) is 8.60. The van der Waals surface area contributed by atoms with Crippen molar-refractivity contribution in [1.82, 2.24) is 15.1 Å². The fourth-order valence-corrected chi connectivity index (χ4v) is 2.24. The van der Waals surface area contributed by atoms with Gasteiger partial charge in [-0.05, 0) is 24.3 Å². The van der Waals surface area contributed by atoms with Gasteiger partial charge in [-0.2, -0.15) is 4.98 Å². The third kappa shape index (κ3) is 2.76. The second kappa shape index (κ2) is 5.99. The topological polar surface area (TPSA) is 99.4 Å². The first kappa shape index (κ1) is 14.2. The SMILES string of the molecule is O=C(Nc1ccc2c(c1)OCCO2)c1nc(-c2ccncc2)no1. The van der Waals surface area contributed by atoms with E-state index in [-0.39, 0.29) is 5.89 Å². The quantitative estimate of drug-likeness (QED) is 0.788. The van der Waals surface area contributed by atoms with Crippen LogP contribution in [0.5, 0.6) is 11.5 Å². The molecule has 3 aromatic rings. The summed E-state index contributed by atoms with van der Waals surface area (Å²) in [5, 5.41) is 6.49. The van der Waals surface area contributed by atoms with Crippen molar-refractivity contribution in [2.75, 3.05) is 18.5 Å². The molecular formula is C16H12N4O4. The van der Waals surface area contributed by atoms with Gasteiger partial charge in [0.15, 0.2) is 11.5 Å². The van der Waals surface area contributed by atoms with Gasteiger partial charge in [-0.25, -0.2) is 0 Å². The van der Waals surface area contributed by atoms with Gasteiger partial charge >= 0.3 is 11.8 Å². The zero-order chi connectivity index (χ0) is 16.4. The van der Waals surface area contributed by atoms with E-state index < -0.39 is 5.91 Å². The Hall–Kier alpha value is -3.42. The molecule has 1 amide bonds. The lowest BCUT2D eigenvalue weighted by atomic mass is 10.2. The smallest absolute Gasteiger partial charge is 0.316 e. The van der Waals surface area contributed by atoms with E-state index in [9.17, 15) is 4.79 Å². The normalized spacial score (nSPS) is 12.7. The van der Waals surface area contributed by atoms with Gasteiger partial charge in [0.2, 0.25) is 5.82 Å². The molecule has 4 rings (SSSR count). The average Bonchev–Trinajstić information content (AvgIpc) is 3.13. The predicted octanol–water partition coefficient (Wildman–Crippen LogP) is 2.16. The van der Waals surface area contributed by atoms with Crippen LogP contribution >= 0.6 is 0 Å². The standard InChI is InChI=1S/C16H12N4O4/c21-15(16-19-14(20-24-16)10-3-5-17-6-4-10)18-11-1-2-12-13(9-11)23-8-7-22-12/h1-6,9H,7-8H2,(H,18,21). The number of hydrogen-bond acceptors (Lipinski definition) is 7. The highest BCUT2D eigenvalue weighted by Gasteiger charge is 2.18. The molecule has 0 aliphatic carbocycles. The maximum absolute atomic E-state index is 12.2. The second-order valence-electron chi connectivity index (χ2n) is 4.97. The Morgan fingerprint density at radius 2 is 1.83 bits per heavy atom. The zero-order valence-corrected chi connectivity index (χ0v) is 12.4. The number of rotatable bonds is 3. The molecule has 0 saturated carbocycles. The summed E-state index contributed by atoms with van der Waals surface area (Å²) >= 11 is 0. The molecule has 120 valence electrons. The van der Waals surface area contributed by atoms with Crippen LogP contribution in [-0.4, -0.2) is 34.2 Å². The van der Waals surface area contributed by atoms with Gasteiger partial charge in [0, 0.05) is 29.7 Å². The summed E-state index contributed by atoms with van der Waals surface area (Å²) in [6.07, 6.45) is 3.22. The number of anilines is 1. The molecule has 0 unspecified atom stereocenters. The van der Waals surface area contributed by atoms with Crippen molar-refractivity contribution in [3.8, 4) is 22.9 Å². The second-order valence-corrected chi connectivity index (χ2v) is 4.97. The number of pyridine rings is 1. The number of fused-ring (bicyclic) bond motifs is 1. The van der Waals surface area contributed by atoms with Crippen molar-refractivity contribution in [1.29, 1.82) is 0 Å². The highest BCUT2D eigenvalue weighted by molar-refractivity contribution is 6.01. The molecule has 24 heavy (non-hydrogen) atoms. The molecule has 0 atom stereocenters. The molecule has 0 fully saturated rings. The number of nitrogens with one attached hydrogen (secondary N) is 1. The van der Waals surface area contributed by atoms with E-state index in [0.717, 1.165) is 0 Å². The van der Waals surface area contributed by atoms with Crippen LogP contribution < -0.4 is 14.8 Å². The molecule has 1 aromatic carbocycles. The molecule has 0 saturated heterocycles.